The summed E-state index contributed by atoms with van der Waals surface area (Å²) in [5.74, 6) is -0.350. The van der Waals surface area contributed by atoms with E-state index >= 15 is 0 Å². The van der Waals surface area contributed by atoms with Gasteiger partial charge in [0.2, 0.25) is 5.91 Å². The Morgan fingerprint density at radius 3 is 2.86 bits per heavy atom. The van der Waals surface area contributed by atoms with Gasteiger partial charge >= 0.3 is 0 Å². The van der Waals surface area contributed by atoms with Gasteiger partial charge in [0, 0.05) is 5.41 Å². The van der Waals surface area contributed by atoms with Crippen LogP contribution in [0, 0.1) is 0 Å². The maximum atomic E-state index is 12.8. The number of nitrogens with zero attached hydrogens (tertiary/aromatic N) is 1. The van der Waals surface area contributed by atoms with Crippen LogP contribution >= 0.6 is 24.0 Å². The predicted molar refractivity (Wildman–Crippen MR) is 112 cm³/mol. The van der Waals surface area contributed by atoms with Crippen LogP contribution in [-0.4, -0.2) is 54.4 Å². The van der Waals surface area contributed by atoms with Crippen LogP contribution in [0.25, 0.3) is 6.08 Å². The lowest BCUT2D eigenvalue weighted by Gasteiger charge is -2.23. The van der Waals surface area contributed by atoms with Gasteiger partial charge in [-0.05, 0) is 36.8 Å². The van der Waals surface area contributed by atoms with E-state index < -0.39 is 27.8 Å². The number of rotatable bonds is 5. The zero-order chi connectivity index (χ0) is 20.5. The molecule has 3 rings (SSSR count). The second-order valence-corrected chi connectivity index (χ2v) is 9.88. The molecular weight excluding hydrogens is 420 g/mol. The highest BCUT2D eigenvalue weighted by atomic mass is 32.2. The number of ether oxygens (including phenoxy) is 1. The first-order valence-corrected chi connectivity index (χ1v) is 11.3. The van der Waals surface area contributed by atoms with E-state index in [2.05, 4.69) is 5.32 Å². The minimum atomic E-state index is -3.28. The van der Waals surface area contributed by atoms with Crippen molar-refractivity contribution in [2.24, 2.45) is 0 Å². The molecule has 7 nitrogen and oxygen atoms in total. The molecule has 1 aromatic rings. The molecule has 0 aliphatic carbocycles. The zero-order valence-corrected chi connectivity index (χ0v) is 17.6. The van der Waals surface area contributed by atoms with E-state index in [0.717, 1.165) is 22.7 Å². The van der Waals surface area contributed by atoms with Crippen LogP contribution in [-0.2, 0) is 19.4 Å². The van der Waals surface area contributed by atoms with E-state index in [4.69, 9.17) is 17.0 Å². The fraction of sp³-hybridized carbons (Fsp3) is 0.278. The Kier molecular flexibility index (Phi) is 5.92. The lowest BCUT2D eigenvalue weighted by Crippen LogP contribution is -2.49. The quantitative estimate of drug-likeness (QED) is 0.553. The standard InChI is InChI=1S/C18H18N2O5S3/c1-11(16(21)19-13-6-7-28(23,24)10-13)20-17(22)15(27-18(20)26)9-12-4-3-5-14(8-12)25-2/h3-9,11,13H,10H2,1-2H3,(H,19,21)/b15-9-/t11-,13+/m0/s1. The molecule has 2 aliphatic rings. The number of thiocarbonyl (C=S) groups is 1. The second-order valence-electron chi connectivity index (χ2n) is 6.28. The zero-order valence-electron chi connectivity index (χ0n) is 15.1. The van der Waals surface area contributed by atoms with Crippen molar-refractivity contribution in [3.63, 3.8) is 0 Å². The van der Waals surface area contributed by atoms with Gasteiger partial charge in [0.15, 0.2) is 9.84 Å². The third kappa shape index (κ3) is 4.45. The van der Waals surface area contributed by atoms with Crippen molar-refractivity contribution in [2.75, 3.05) is 12.9 Å². The largest absolute Gasteiger partial charge is 0.497 e. The molecule has 0 saturated carbocycles. The average Bonchev–Trinajstić information content (AvgIpc) is 3.12. The Balaban J connectivity index is 1.73. The molecule has 2 amide bonds. The van der Waals surface area contributed by atoms with Crippen molar-refractivity contribution in [3.8, 4) is 5.75 Å². The summed E-state index contributed by atoms with van der Waals surface area (Å²) in [5.41, 5.74) is 0.776. The summed E-state index contributed by atoms with van der Waals surface area (Å²) in [6, 6.07) is 5.76. The van der Waals surface area contributed by atoms with E-state index in [0.29, 0.717) is 10.7 Å². The van der Waals surface area contributed by atoms with Gasteiger partial charge in [-0.1, -0.05) is 36.1 Å². The maximum absolute atomic E-state index is 12.8. The second kappa shape index (κ2) is 8.06. The summed E-state index contributed by atoms with van der Waals surface area (Å²) in [6.07, 6.45) is 3.12. The molecule has 0 bridgehead atoms. The summed E-state index contributed by atoms with van der Waals surface area (Å²) < 4.78 is 28.4. The van der Waals surface area contributed by atoms with Crippen molar-refractivity contribution in [2.45, 2.75) is 19.0 Å². The minimum absolute atomic E-state index is 0.181. The molecule has 0 spiro atoms. The fourth-order valence-corrected chi connectivity index (χ4v) is 5.44. The number of carbonyl (C=O) groups is 2. The Hall–Kier alpha value is -2.17. The maximum Gasteiger partial charge on any atom is 0.266 e. The lowest BCUT2D eigenvalue weighted by atomic mass is 10.2. The van der Waals surface area contributed by atoms with Crippen LogP contribution in [0.4, 0.5) is 0 Å². The van der Waals surface area contributed by atoms with Gasteiger partial charge < -0.3 is 10.1 Å². The van der Waals surface area contributed by atoms with Crippen LogP contribution in [0.3, 0.4) is 0 Å². The number of sulfone groups is 1. The molecule has 1 N–H and O–H groups in total. The number of hydrogen-bond donors (Lipinski definition) is 1. The van der Waals surface area contributed by atoms with Gasteiger partial charge in [-0.2, -0.15) is 0 Å². The monoisotopic (exact) mass is 438 g/mol. The topological polar surface area (TPSA) is 92.8 Å². The first-order valence-electron chi connectivity index (χ1n) is 8.32. The van der Waals surface area contributed by atoms with Crippen LogP contribution in [0.5, 0.6) is 5.75 Å². The highest BCUT2D eigenvalue weighted by Gasteiger charge is 2.39. The molecule has 0 unspecified atom stereocenters. The van der Waals surface area contributed by atoms with Crippen molar-refractivity contribution in [3.05, 3.63) is 46.2 Å². The average molecular weight is 439 g/mol. The van der Waals surface area contributed by atoms with Gasteiger partial charge in [-0.15, -0.1) is 0 Å². The molecule has 1 fully saturated rings. The summed E-state index contributed by atoms with van der Waals surface area (Å²) in [4.78, 5) is 26.9. The molecule has 1 saturated heterocycles. The Morgan fingerprint density at radius 1 is 1.46 bits per heavy atom. The van der Waals surface area contributed by atoms with E-state index in [1.807, 2.05) is 12.1 Å². The van der Waals surface area contributed by atoms with Crippen LogP contribution < -0.4 is 10.1 Å². The predicted octanol–water partition coefficient (Wildman–Crippen LogP) is 1.71. The van der Waals surface area contributed by atoms with Gasteiger partial charge in [-0.3, -0.25) is 14.5 Å². The third-order valence-electron chi connectivity index (χ3n) is 4.24. The van der Waals surface area contributed by atoms with Crippen LogP contribution in [0.1, 0.15) is 12.5 Å². The van der Waals surface area contributed by atoms with Crippen LogP contribution in [0.2, 0.25) is 0 Å². The summed E-state index contributed by atoms with van der Waals surface area (Å²) in [7, 11) is -1.72. The number of hydrogen-bond acceptors (Lipinski definition) is 7. The Labute approximate surface area is 172 Å². The minimum Gasteiger partial charge on any atom is -0.497 e. The molecular formula is C18H18N2O5S3. The van der Waals surface area contributed by atoms with E-state index in [1.165, 1.54) is 11.0 Å². The Bertz CT molecular complexity index is 1000. The molecule has 0 aromatic heterocycles. The van der Waals surface area contributed by atoms with Gasteiger partial charge in [0.25, 0.3) is 5.91 Å². The Morgan fingerprint density at radius 2 is 2.21 bits per heavy atom. The molecule has 2 atom stereocenters. The summed E-state index contributed by atoms with van der Waals surface area (Å²) in [5, 5.41) is 3.71. The van der Waals surface area contributed by atoms with Gasteiger partial charge in [-0.25, -0.2) is 8.42 Å². The lowest BCUT2D eigenvalue weighted by molar-refractivity contribution is -0.132. The number of amides is 2. The normalized spacial score (nSPS) is 23.3. The van der Waals surface area contributed by atoms with Gasteiger partial charge in [0.05, 0.1) is 23.8 Å². The molecule has 0 radical (unpaired) electrons. The fourth-order valence-electron chi connectivity index (χ4n) is 2.78. The summed E-state index contributed by atoms with van der Waals surface area (Å²) >= 11 is 6.40. The smallest absolute Gasteiger partial charge is 0.266 e. The molecule has 10 heteroatoms. The SMILES string of the molecule is COc1cccc(/C=C2\SC(=S)N([C@@H](C)C(=O)N[C@@H]3C=CS(=O)(=O)C3)C2=O)c1. The number of benzene rings is 1. The molecule has 1 aromatic carbocycles. The van der Waals surface area contributed by atoms with E-state index in [1.54, 1.807) is 32.2 Å². The van der Waals surface area contributed by atoms with Crippen LogP contribution in [0.15, 0.2) is 40.7 Å². The molecule has 2 aliphatic heterocycles. The first-order chi connectivity index (χ1) is 13.2. The molecule has 2 heterocycles. The van der Waals surface area contributed by atoms with Crippen molar-refractivity contribution in [1.29, 1.82) is 0 Å². The van der Waals surface area contributed by atoms with Crippen molar-refractivity contribution >= 4 is 56.0 Å². The number of methoxy groups -OCH3 is 1. The third-order valence-corrected chi connectivity index (χ3v) is 6.97. The van der Waals surface area contributed by atoms with E-state index in [-0.39, 0.29) is 16.0 Å². The molecule has 28 heavy (non-hydrogen) atoms. The molecule has 148 valence electrons. The number of carbonyl (C=O) groups excluding carboxylic acids is 2. The summed E-state index contributed by atoms with van der Waals surface area (Å²) in [6.45, 7) is 1.56. The van der Waals surface area contributed by atoms with E-state index in [9.17, 15) is 18.0 Å². The van der Waals surface area contributed by atoms with Crippen molar-refractivity contribution < 1.29 is 22.7 Å². The van der Waals surface area contributed by atoms with Gasteiger partial charge in [0.1, 0.15) is 16.1 Å². The first kappa shape index (κ1) is 20.6. The number of thioether (sulfide) groups is 1. The van der Waals surface area contributed by atoms with Crippen molar-refractivity contribution in [1.82, 2.24) is 10.2 Å². The number of nitrogens with one attached hydrogen (secondary N) is 1. The highest BCUT2D eigenvalue weighted by molar-refractivity contribution is 8.26. The highest BCUT2D eigenvalue weighted by Crippen LogP contribution is 2.34.